The normalized spacial score (nSPS) is 15.6. The van der Waals surface area contributed by atoms with E-state index < -0.39 is 6.04 Å². The van der Waals surface area contributed by atoms with Gasteiger partial charge in [-0.3, -0.25) is 14.2 Å². The van der Waals surface area contributed by atoms with Gasteiger partial charge in [-0.2, -0.15) is 0 Å². The largest absolute Gasteiger partial charge is 0.497 e. The SMILES string of the molecule is COc1ccc(NC(=O)C2CCCN2C(=O)CSc2nncn2-c2ccc(C)cc2)cc1. The van der Waals surface area contributed by atoms with Gasteiger partial charge in [0, 0.05) is 17.9 Å². The Morgan fingerprint density at radius 2 is 1.91 bits per heavy atom. The van der Waals surface area contributed by atoms with Crippen LogP contribution in [0, 0.1) is 6.92 Å². The van der Waals surface area contributed by atoms with Crippen molar-refractivity contribution in [3.63, 3.8) is 0 Å². The molecule has 1 atom stereocenters. The van der Waals surface area contributed by atoms with Gasteiger partial charge < -0.3 is 15.0 Å². The summed E-state index contributed by atoms with van der Waals surface area (Å²) in [6.07, 6.45) is 3.09. The molecule has 0 aliphatic carbocycles. The molecule has 0 spiro atoms. The molecule has 4 rings (SSSR count). The number of amides is 2. The first-order chi connectivity index (χ1) is 15.5. The number of methoxy groups -OCH3 is 1. The van der Waals surface area contributed by atoms with Crippen LogP contribution in [0.4, 0.5) is 5.69 Å². The number of rotatable bonds is 7. The lowest BCUT2D eigenvalue weighted by Crippen LogP contribution is -2.44. The summed E-state index contributed by atoms with van der Waals surface area (Å²) in [5, 5.41) is 11.7. The van der Waals surface area contributed by atoms with Crippen molar-refractivity contribution in [2.45, 2.75) is 31.0 Å². The molecular formula is C23H25N5O3S. The van der Waals surface area contributed by atoms with Crippen molar-refractivity contribution < 1.29 is 14.3 Å². The summed E-state index contributed by atoms with van der Waals surface area (Å²) in [4.78, 5) is 27.4. The monoisotopic (exact) mass is 451 g/mol. The van der Waals surface area contributed by atoms with Crippen LogP contribution in [-0.2, 0) is 9.59 Å². The lowest BCUT2D eigenvalue weighted by molar-refractivity contribution is -0.134. The summed E-state index contributed by atoms with van der Waals surface area (Å²) in [5.74, 6) is 0.655. The van der Waals surface area contributed by atoms with Gasteiger partial charge in [-0.05, 0) is 56.2 Å². The van der Waals surface area contributed by atoms with Crippen molar-refractivity contribution in [2.75, 3.05) is 24.7 Å². The lowest BCUT2D eigenvalue weighted by atomic mass is 10.2. The highest BCUT2D eigenvalue weighted by atomic mass is 32.2. The van der Waals surface area contributed by atoms with E-state index in [2.05, 4.69) is 15.5 Å². The van der Waals surface area contributed by atoms with Gasteiger partial charge >= 0.3 is 0 Å². The summed E-state index contributed by atoms with van der Waals surface area (Å²) < 4.78 is 7.00. The van der Waals surface area contributed by atoms with E-state index in [4.69, 9.17) is 4.74 Å². The van der Waals surface area contributed by atoms with Crippen LogP contribution in [0.5, 0.6) is 5.75 Å². The molecular weight excluding hydrogens is 426 g/mol. The summed E-state index contributed by atoms with van der Waals surface area (Å²) in [6, 6.07) is 14.7. The Bertz CT molecular complexity index is 1080. The summed E-state index contributed by atoms with van der Waals surface area (Å²) in [7, 11) is 1.59. The second-order valence-corrected chi connectivity index (χ2v) is 8.51. The first kappa shape index (κ1) is 21.9. The van der Waals surface area contributed by atoms with E-state index in [0.717, 1.165) is 17.9 Å². The first-order valence-electron chi connectivity index (χ1n) is 10.4. The second-order valence-electron chi connectivity index (χ2n) is 7.57. The Morgan fingerprint density at radius 3 is 2.62 bits per heavy atom. The smallest absolute Gasteiger partial charge is 0.247 e. The Labute approximate surface area is 191 Å². The van der Waals surface area contributed by atoms with Crippen LogP contribution < -0.4 is 10.1 Å². The second kappa shape index (κ2) is 9.86. The predicted molar refractivity (Wildman–Crippen MR) is 123 cm³/mol. The zero-order valence-electron chi connectivity index (χ0n) is 18.0. The minimum Gasteiger partial charge on any atom is -0.497 e. The highest BCUT2D eigenvalue weighted by Gasteiger charge is 2.34. The number of aryl methyl sites for hydroxylation is 1. The molecule has 1 aliphatic rings. The van der Waals surface area contributed by atoms with Crippen molar-refractivity contribution in [3.05, 3.63) is 60.4 Å². The number of anilines is 1. The van der Waals surface area contributed by atoms with Crippen molar-refractivity contribution in [1.82, 2.24) is 19.7 Å². The number of hydrogen-bond donors (Lipinski definition) is 1. The maximum Gasteiger partial charge on any atom is 0.247 e. The predicted octanol–water partition coefficient (Wildman–Crippen LogP) is 3.31. The van der Waals surface area contributed by atoms with E-state index >= 15 is 0 Å². The third-order valence-corrected chi connectivity index (χ3v) is 6.31. The van der Waals surface area contributed by atoms with Gasteiger partial charge in [0.2, 0.25) is 11.8 Å². The van der Waals surface area contributed by atoms with Crippen LogP contribution in [-0.4, -0.2) is 56.9 Å². The van der Waals surface area contributed by atoms with Gasteiger partial charge in [-0.25, -0.2) is 0 Å². The fourth-order valence-electron chi connectivity index (χ4n) is 3.65. The van der Waals surface area contributed by atoms with Crippen LogP contribution in [0.1, 0.15) is 18.4 Å². The third kappa shape index (κ3) is 4.94. The Hall–Kier alpha value is -3.33. The minimum absolute atomic E-state index is 0.0826. The number of ether oxygens (including phenoxy) is 1. The quantitative estimate of drug-likeness (QED) is 0.555. The number of benzene rings is 2. The Balaban J connectivity index is 1.37. The van der Waals surface area contributed by atoms with Gasteiger partial charge in [-0.15, -0.1) is 10.2 Å². The highest BCUT2D eigenvalue weighted by Crippen LogP contribution is 2.24. The number of hydrogen-bond acceptors (Lipinski definition) is 6. The fourth-order valence-corrected chi connectivity index (χ4v) is 4.47. The number of nitrogens with zero attached hydrogens (tertiary/aromatic N) is 4. The van der Waals surface area contributed by atoms with Crippen LogP contribution in [0.25, 0.3) is 5.69 Å². The average Bonchev–Trinajstić information content (AvgIpc) is 3.48. The van der Waals surface area contributed by atoms with Crippen molar-refractivity contribution >= 4 is 29.3 Å². The molecule has 1 aliphatic heterocycles. The molecule has 1 unspecified atom stereocenters. The highest BCUT2D eigenvalue weighted by molar-refractivity contribution is 7.99. The van der Waals surface area contributed by atoms with Crippen LogP contribution in [0.2, 0.25) is 0 Å². The molecule has 1 saturated heterocycles. The molecule has 2 amide bonds. The number of nitrogens with one attached hydrogen (secondary N) is 1. The molecule has 3 aromatic rings. The van der Waals surface area contributed by atoms with Gasteiger partial charge in [0.1, 0.15) is 18.1 Å². The third-order valence-electron chi connectivity index (χ3n) is 5.39. The minimum atomic E-state index is -0.472. The molecule has 0 saturated carbocycles. The molecule has 9 heteroatoms. The molecule has 8 nitrogen and oxygen atoms in total. The molecule has 166 valence electrons. The number of aromatic nitrogens is 3. The zero-order chi connectivity index (χ0) is 22.5. The maximum absolute atomic E-state index is 12.9. The van der Waals surface area contributed by atoms with E-state index in [-0.39, 0.29) is 17.6 Å². The molecule has 32 heavy (non-hydrogen) atoms. The van der Waals surface area contributed by atoms with E-state index in [9.17, 15) is 9.59 Å². The Morgan fingerprint density at radius 1 is 1.16 bits per heavy atom. The van der Waals surface area contributed by atoms with E-state index in [0.29, 0.717) is 23.8 Å². The number of carbonyl (C=O) groups excluding carboxylic acids is 2. The van der Waals surface area contributed by atoms with Crippen LogP contribution >= 0.6 is 11.8 Å². The molecule has 0 radical (unpaired) electrons. The lowest BCUT2D eigenvalue weighted by Gasteiger charge is -2.24. The fraction of sp³-hybridized carbons (Fsp3) is 0.304. The number of thioether (sulfide) groups is 1. The van der Waals surface area contributed by atoms with E-state index in [1.165, 1.54) is 17.3 Å². The van der Waals surface area contributed by atoms with E-state index in [1.54, 1.807) is 42.6 Å². The van der Waals surface area contributed by atoms with Crippen LogP contribution in [0.15, 0.2) is 60.0 Å². The van der Waals surface area contributed by atoms with Crippen LogP contribution in [0.3, 0.4) is 0 Å². The first-order valence-corrected chi connectivity index (χ1v) is 11.4. The van der Waals surface area contributed by atoms with Gasteiger partial charge in [-0.1, -0.05) is 29.5 Å². The Kier molecular flexibility index (Phi) is 6.75. The number of carbonyl (C=O) groups is 2. The molecule has 2 aromatic carbocycles. The summed E-state index contributed by atoms with van der Waals surface area (Å²) in [5.41, 5.74) is 2.78. The van der Waals surface area contributed by atoms with Gasteiger partial charge in [0.05, 0.1) is 12.9 Å². The molecule has 2 heterocycles. The summed E-state index contributed by atoms with van der Waals surface area (Å²) in [6.45, 7) is 2.60. The van der Waals surface area contributed by atoms with Crippen molar-refractivity contribution in [2.24, 2.45) is 0 Å². The molecule has 1 aromatic heterocycles. The zero-order valence-corrected chi connectivity index (χ0v) is 18.8. The summed E-state index contributed by atoms with van der Waals surface area (Å²) >= 11 is 1.32. The van der Waals surface area contributed by atoms with E-state index in [1.807, 2.05) is 35.8 Å². The molecule has 1 fully saturated rings. The number of likely N-dealkylation sites (tertiary alicyclic amines) is 1. The topological polar surface area (TPSA) is 89.3 Å². The van der Waals surface area contributed by atoms with Crippen molar-refractivity contribution in [3.8, 4) is 11.4 Å². The molecule has 0 bridgehead atoms. The van der Waals surface area contributed by atoms with Gasteiger partial charge in [0.25, 0.3) is 0 Å². The average molecular weight is 452 g/mol. The standard InChI is InChI=1S/C23H25N5O3S/c1-16-5-9-18(10-6-16)28-15-24-26-23(28)32-14-21(29)27-13-3-4-20(27)22(30)25-17-7-11-19(31-2)12-8-17/h5-12,15,20H,3-4,13-14H2,1-2H3,(H,25,30). The molecule has 1 N–H and O–H groups in total. The van der Waals surface area contributed by atoms with Gasteiger partial charge in [0.15, 0.2) is 5.16 Å². The maximum atomic E-state index is 12.9. The van der Waals surface area contributed by atoms with Crippen molar-refractivity contribution in [1.29, 1.82) is 0 Å².